The van der Waals surface area contributed by atoms with E-state index in [-0.39, 0.29) is 32.4 Å². The molecule has 16 heteroatoms. The summed E-state index contributed by atoms with van der Waals surface area (Å²) >= 11 is 0. The normalized spacial score (nSPS) is 14.5. The second-order valence-corrected chi connectivity index (χ2v) is 8.61. The fourth-order valence-electron chi connectivity index (χ4n) is 3.17. The van der Waals surface area contributed by atoms with Gasteiger partial charge in [-0.15, -0.1) is 0 Å². The highest BCUT2D eigenvalue weighted by molar-refractivity contribution is 5.90. The Labute approximate surface area is 229 Å². The number of amides is 4. The van der Waals surface area contributed by atoms with Crippen molar-refractivity contribution in [2.24, 2.45) is 0 Å². The monoisotopic (exact) mass is 572 g/mol. The Balaban J connectivity index is 2.60. The summed E-state index contributed by atoms with van der Waals surface area (Å²) in [5.74, 6) is -3.84. The number of alkyl carbamates (subject to hydrolysis) is 1. The maximum atomic E-state index is 12.6. The van der Waals surface area contributed by atoms with Crippen LogP contribution in [0, 0.1) is 0 Å². The van der Waals surface area contributed by atoms with E-state index in [4.69, 9.17) is 14.9 Å². The van der Waals surface area contributed by atoms with E-state index in [0.29, 0.717) is 5.56 Å². The van der Waals surface area contributed by atoms with Gasteiger partial charge in [0.2, 0.25) is 11.8 Å². The number of ether oxygens (including phenoxy) is 1. The second kappa shape index (κ2) is 18.5. The van der Waals surface area contributed by atoms with Crippen LogP contribution in [-0.4, -0.2) is 117 Å². The summed E-state index contributed by atoms with van der Waals surface area (Å²) in [5.41, 5.74) is 0.704. The molecule has 0 unspecified atom stereocenters. The van der Waals surface area contributed by atoms with Gasteiger partial charge in [0.15, 0.2) is 6.10 Å². The average Bonchev–Trinajstić information content (AvgIpc) is 2.95. The Morgan fingerprint density at radius 3 is 2.12 bits per heavy atom. The molecule has 0 radical (unpaired) electrons. The molecular weight excluding hydrogens is 536 g/mol. The van der Waals surface area contributed by atoms with Gasteiger partial charge in [-0.3, -0.25) is 19.2 Å². The number of aliphatic hydroxyl groups excluding tert-OH is 5. The van der Waals surface area contributed by atoms with Gasteiger partial charge < -0.3 is 56.6 Å². The van der Waals surface area contributed by atoms with Crippen LogP contribution in [0.15, 0.2) is 30.3 Å². The van der Waals surface area contributed by atoms with Crippen LogP contribution >= 0.6 is 0 Å². The molecule has 0 spiro atoms. The van der Waals surface area contributed by atoms with Crippen LogP contribution in [0.3, 0.4) is 0 Å². The van der Waals surface area contributed by atoms with E-state index < -0.39 is 79.9 Å². The van der Waals surface area contributed by atoms with Gasteiger partial charge in [0.1, 0.15) is 37.5 Å². The average molecular weight is 573 g/mol. The predicted octanol–water partition coefficient (Wildman–Crippen LogP) is -3.68. The summed E-state index contributed by atoms with van der Waals surface area (Å²) in [6.45, 7) is -2.19. The van der Waals surface area contributed by atoms with Gasteiger partial charge in [-0.1, -0.05) is 30.3 Å². The second-order valence-electron chi connectivity index (χ2n) is 8.61. The highest BCUT2D eigenvalue weighted by atomic mass is 16.5. The first kappa shape index (κ1) is 34.2. The molecule has 0 aliphatic carbocycles. The number of carbonyl (C=O) groups excluding carboxylic acids is 4. The van der Waals surface area contributed by atoms with E-state index in [9.17, 15) is 44.4 Å². The summed E-state index contributed by atoms with van der Waals surface area (Å²) < 4.78 is 5.11. The summed E-state index contributed by atoms with van der Waals surface area (Å²) in [7, 11) is 0. The van der Waals surface area contributed by atoms with Crippen LogP contribution in [0.5, 0.6) is 0 Å². The molecule has 0 aromatic heterocycles. The van der Waals surface area contributed by atoms with Crippen molar-refractivity contribution in [1.82, 2.24) is 21.3 Å². The maximum absolute atomic E-state index is 12.6. The first-order chi connectivity index (χ1) is 19.0. The van der Waals surface area contributed by atoms with Gasteiger partial charge in [0, 0.05) is 6.54 Å². The summed E-state index contributed by atoms with van der Waals surface area (Å²) in [5, 5.41) is 65.0. The number of hydrogen-bond acceptors (Lipinski definition) is 11. The van der Waals surface area contributed by atoms with Crippen LogP contribution in [0.25, 0.3) is 0 Å². The number of carboxylic acids is 1. The first-order valence-corrected chi connectivity index (χ1v) is 12.3. The third kappa shape index (κ3) is 13.3. The Morgan fingerprint density at radius 2 is 1.50 bits per heavy atom. The maximum Gasteiger partial charge on any atom is 0.408 e. The van der Waals surface area contributed by atoms with Crippen LogP contribution in [0.1, 0.15) is 24.8 Å². The molecular formula is C24H36N4O12. The van der Waals surface area contributed by atoms with E-state index in [1.54, 1.807) is 30.3 Å². The van der Waals surface area contributed by atoms with Crippen molar-refractivity contribution in [3.8, 4) is 0 Å². The fraction of sp³-hybridized carbons (Fsp3) is 0.542. The lowest BCUT2D eigenvalue weighted by Gasteiger charge is -2.25. The topological polar surface area (TPSA) is 264 Å². The van der Waals surface area contributed by atoms with Crippen LogP contribution in [0.4, 0.5) is 4.79 Å². The third-order valence-electron chi connectivity index (χ3n) is 5.42. The number of unbranched alkanes of at least 4 members (excludes halogenated alkanes) is 1. The molecule has 1 aromatic carbocycles. The van der Waals surface area contributed by atoms with Gasteiger partial charge in [0.05, 0.1) is 13.2 Å². The molecule has 4 amide bonds. The van der Waals surface area contributed by atoms with Gasteiger partial charge in [-0.2, -0.15) is 0 Å². The summed E-state index contributed by atoms with van der Waals surface area (Å²) in [6, 6.07) is 7.59. The largest absolute Gasteiger partial charge is 0.480 e. The van der Waals surface area contributed by atoms with Crippen molar-refractivity contribution in [2.75, 3.05) is 26.2 Å². The van der Waals surface area contributed by atoms with Crippen molar-refractivity contribution >= 4 is 29.8 Å². The quantitative estimate of drug-likeness (QED) is 0.0763. The summed E-state index contributed by atoms with van der Waals surface area (Å²) in [4.78, 5) is 59.1. The summed E-state index contributed by atoms with van der Waals surface area (Å²) in [6.07, 6.45) is -8.29. The molecule has 10 N–H and O–H groups in total. The highest BCUT2D eigenvalue weighted by Gasteiger charge is 2.34. The smallest absolute Gasteiger partial charge is 0.408 e. The molecule has 0 fully saturated rings. The first-order valence-electron chi connectivity index (χ1n) is 12.3. The number of carbonyl (C=O) groups is 5. The molecule has 0 bridgehead atoms. The van der Waals surface area contributed by atoms with Gasteiger partial charge in [-0.05, 0) is 24.8 Å². The minimum atomic E-state index is -2.09. The molecule has 16 nitrogen and oxygen atoms in total. The SMILES string of the molecule is O=C(O)CNC(=O)CNC(=O)[C@H](CCCCNC(=O)[C@H](O)[C@@H](O)[C@H](O)[C@H](O)CO)NC(=O)OCc1ccccc1. The number of nitrogens with one attached hydrogen (secondary N) is 4. The van der Waals surface area contributed by atoms with E-state index >= 15 is 0 Å². The van der Waals surface area contributed by atoms with Crippen molar-refractivity contribution in [1.29, 1.82) is 0 Å². The lowest BCUT2D eigenvalue weighted by Crippen LogP contribution is -2.51. The van der Waals surface area contributed by atoms with Gasteiger partial charge in [-0.25, -0.2) is 4.79 Å². The molecule has 0 aliphatic heterocycles. The zero-order chi connectivity index (χ0) is 30.1. The molecule has 0 aliphatic rings. The van der Waals surface area contributed by atoms with E-state index in [2.05, 4.69) is 21.3 Å². The highest BCUT2D eigenvalue weighted by Crippen LogP contribution is 2.07. The number of aliphatic carboxylic acids is 1. The Bertz CT molecular complexity index is 964. The van der Waals surface area contributed by atoms with Crippen LogP contribution in [0.2, 0.25) is 0 Å². The molecule has 1 aromatic rings. The minimum absolute atomic E-state index is 0.0332. The Hall–Kier alpha value is -3.83. The number of aliphatic hydroxyl groups is 5. The van der Waals surface area contributed by atoms with Crippen LogP contribution in [-0.2, 0) is 30.5 Å². The molecule has 5 atom stereocenters. The number of rotatable bonds is 18. The van der Waals surface area contributed by atoms with Gasteiger partial charge in [0.25, 0.3) is 5.91 Å². The van der Waals surface area contributed by atoms with E-state index in [1.165, 1.54) is 0 Å². The molecule has 0 heterocycles. The van der Waals surface area contributed by atoms with Crippen LogP contribution < -0.4 is 21.3 Å². The number of carboxylic acid groups (broad SMARTS) is 1. The van der Waals surface area contributed by atoms with E-state index in [0.717, 1.165) is 0 Å². The molecule has 224 valence electrons. The zero-order valence-electron chi connectivity index (χ0n) is 21.6. The standard InChI is InChI=1S/C24H36N4O12/c29-12-16(30)19(34)20(35)21(36)23(38)25-9-5-4-8-15(22(37)27-10-17(31)26-11-18(32)33)28-24(39)40-13-14-6-2-1-3-7-14/h1-3,6-7,15-16,19-21,29-30,34-36H,4-5,8-13H2,(H,25,38)(H,26,31)(H,27,37)(H,28,39)(H,32,33)/t15-,16+,19+,20-,21+/m0/s1. The molecule has 0 saturated heterocycles. The number of hydrogen-bond donors (Lipinski definition) is 10. The van der Waals surface area contributed by atoms with Crippen molar-refractivity contribution in [3.05, 3.63) is 35.9 Å². The Kier molecular flexibility index (Phi) is 15.8. The molecule has 40 heavy (non-hydrogen) atoms. The zero-order valence-corrected chi connectivity index (χ0v) is 21.6. The van der Waals surface area contributed by atoms with E-state index in [1.807, 2.05) is 0 Å². The minimum Gasteiger partial charge on any atom is -0.480 e. The predicted molar refractivity (Wildman–Crippen MR) is 135 cm³/mol. The fourth-order valence-corrected chi connectivity index (χ4v) is 3.17. The van der Waals surface area contributed by atoms with Crippen molar-refractivity contribution in [2.45, 2.75) is 56.3 Å². The molecule has 1 rings (SSSR count). The number of benzene rings is 1. The Morgan fingerprint density at radius 1 is 0.825 bits per heavy atom. The third-order valence-corrected chi connectivity index (χ3v) is 5.42. The van der Waals surface area contributed by atoms with Crippen molar-refractivity contribution < 1.29 is 59.3 Å². The molecule has 0 saturated carbocycles. The lowest BCUT2D eigenvalue weighted by atomic mass is 10.0. The lowest BCUT2D eigenvalue weighted by molar-refractivity contribution is -0.148. The van der Waals surface area contributed by atoms with Crippen molar-refractivity contribution in [3.63, 3.8) is 0 Å². The van der Waals surface area contributed by atoms with Gasteiger partial charge >= 0.3 is 12.1 Å².